The Morgan fingerprint density at radius 2 is 1.43 bits per heavy atom. The smallest absolute Gasteiger partial charge is 0.356 e. The van der Waals surface area contributed by atoms with E-state index in [0.29, 0.717) is 22.1 Å². The molecule has 0 spiro atoms. The van der Waals surface area contributed by atoms with Crippen LogP contribution < -0.4 is 9.80 Å². The summed E-state index contributed by atoms with van der Waals surface area (Å²) in [6, 6.07) is 7.21. The van der Waals surface area contributed by atoms with Crippen LogP contribution in [0.4, 0.5) is 38.0 Å². The molecule has 4 aromatic rings. The second kappa shape index (κ2) is 12.3. The van der Waals surface area contributed by atoms with Crippen LogP contribution in [0.15, 0.2) is 47.1 Å². The molecule has 0 amide bonds. The lowest BCUT2D eigenvalue weighted by molar-refractivity contribution is -0.143. The van der Waals surface area contributed by atoms with Crippen LogP contribution in [0.2, 0.25) is 0 Å². The summed E-state index contributed by atoms with van der Waals surface area (Å²) in [4.78, 5) is 13.8. The fourth-order valence-corrected chi connectivity index (χ4v) is 6.09. The predicted octanol–water partition coefficient (Wildman–Crippen LogP) is 9.52. The highest BCUT2D eigenvalue weighted by molar-refractivity contribution is 9.10. The molecule has 2 saturated carbocycles. The summed E-state index contributed by atoms with van der Waals surface area (Å²) in [5, 5.41) is 5.67. The Balaban J connectivity index is 1.49. The van der Waals surface area contributed by atoms with E-state index < -0.39 is 23.5 Å². The van der Waals surface area contributed by atoms with Gasteiger partial charge in [0.15, 0.2) is 5.65 Å². The maximum Gasteiger partial charge on any atom is 0.416 e. The lowest BCUT2D eigenvalue weighted by atomic mass is 10.0. The number of anilines is 2. The van der Waals surface area contributed by atoms with Crippen LogP contribution in [0, 0.1) is 18.8 Å². The predicted molar refractivity (Wildman–Crippen MR) is 173 cm³/mol. The quantitative estimate of drug-likeness (QED) is 0.153. The summed E-state index contributed by atoms with van der Waals surface area (Å²) in [7, 11) is 0. The molecule has 13 heteroatoms. The Bertz CT molecular complexity index is 1700. The van der Waals surface area contributed by atoms with Crippen molar-refractivity contribution in [1.29, 1.82) is 0 Å². The van der Waals surface area contributed by atoms with E-state index in [1.165, 1.54) is 0 Å². The molecule has 6 nitrogen and oxygen atoms in total. The Morgan fingerprint density at radius 1 is 0.830 bits per heavy atom. The third-order valence-electron chi connectivity index (χ3n) is 8.60. The molecule has 3 heterocycles. The number of hydrogen-bond donors (Lipinski definition) is 0. The minimum Gasteiger partial charge on any atom is -0.356 e. The molecule has 6 rings (SSSR count). The molecular formula is C34H37BrF6N6. The van der Waals surface area contributed by atoms with E-state index in [9.17, 15) is 26.3 Å². The molecular weight excluding hydrogens is 686 g/mol. The van der Waals surface area contributed by atoms with Gasteiger partial charge in [-0.2, -0.15) is 31.4 Å². The van der Waals surface area contributed by atoms with Crippen LogP contribution in [0.1, 0.15) is 74.4 Å². The minimum absolute atomic E-state index is 0.128. The maximum atomic E-state index is 13.8. The second-order valence-electron chi connectivity index (χ2n) is 13.9. The summed E-state index contributed by atoms with van der Waals surface area (Å²) < 4.78 is 85.4. The van der Waals surface area contributed by atoms with E-state index in [4.69, 9.17) is 10.1 Å². The first-order valence-electron chi connectivity index (χ1n) is 15.8. The molecule has 0 unspecified atom stereocenters. The Morgan fingerprint density at radius 3 is 1.91 bits per heavy atom. The van der Waals surface area contributed by atoms with Gasteiger partial charge in [-0.05, 0) is 123 Å². The monoisotopic (exact) mass is 722 g/mol. The number of aryl methyl sites for hydroxylation is 1. The lowest BCUT2D eigenvalue weighted by Crippen LogP contribution is -2.32. The molecule has 0 N–H and O–H groups in total. The van der Waals surface area contributed by atoms with Crippen LogP contribution in [0.5, 0.6) is 0 Å². The number of benzene rings is 1. The standard InChI is InChI=1S/C34H37BrF6N6/c1-20-28-13-24(30(43-31(28)47(44-20)32(2,3)4)46(16-21-5-6-21)17-22-7-8-22)19-45(29-10-9-27(35)15-42-29)18-23-11-25(33(36,37)38)14-26(12-23)34(39,40)41/h9-15,21-22H,5-8,16-19H2,1-4H3. The largest absolute Gasteiger partial charge is 0.416 e. The molecule has 0 aliphatic heterocycles. The first-order valence-corrected chi connectivity index (χ1v) is 16.5. The van der Waals surface area contributed by atoms with Gasteiger partial charge in [0.1, 0.15) is 11.6 Å². The molecule has 252 valence electrons. The van der Waals surface area contributed by atoms with Crippen LogP contribution in [-0.4, -0.2) is 32.8 Å². The third-order valence-corrected chi connectivity index (χ3v) is 9.07. The van der Waals surface area contributed by atoms with Gasteiger partial charge in [0.25, 0.3) is 0 Å². The zero-order valence-electron chi connectivity index (χ0n) is 26.7. The normalized spacial score (nSPS) is 15.8. The van der Waals surface area contributed by atoms with Crippen molar-refractivity contribution in [3.8, 4) is 0 Å². The molecule has 0 radical (unpaired) electrons. The Hall–Kier alpha value is -3.35. The molecule has 0 saturated heterocycles. The molecule has 0 bridgehead atoms. The zero-order chi connectivity index (χ0) is 33.9. The average Bonchev–Trinajstić information content (AvgIpc) is 3.91. The highest BCUT2D eigenvalue weighted by Crippen LogP contribution is 2.40. The van der Waals surface area contributed by atoms with Gasteiger partial charge in [0, 0.05) is 47.8 Å². The molecule has 3 aromatic heterocycles. The number of aromatic nitrogens is 4. The molecule has 47 heavy (non-hydrogen) atoms. The van der Waals surface area contributed by atoms with E-state index in [0.717, 1.165) is 79.0 Å². The number of fused-ring (bicyclic) bond motifs is 1. The maximum absolute atomic E-state index is 13.8. The molecule has 0 atom stereocenters. The number of pyridine rings is 2. The SMILES string of the molecule is Cc1nn(C(C)(C)C)c2nc(N(CC3CC3)CC3CC3)c(CN(Cc3cc(C(F)(F)F)cc(C(F)(F)F)c3)c3ccc(Br)cn3)cc12. The van der Waals surface area contributed by atoms with Gasteiger partial charge in [0.05, 0.1) is 22.4 Å². The molecule has 1 aromatic carbocycles. The van der Waals surface area contributed by atoms with Crippen LogP contribution in [-0.2, 0) is 31.0 Å². The van der Waals surface area contributed by atoms with Gasteiger partial charge in [0.2, 0.25) is 0 Å². The first kappa shape index (κ1) is 33.5. The number of nitrogens with zero attached hydrogens (tertiary/aromatic N) is 6. The van der Waals surface area contributed by atoms with Gasteiger partial charge >= 0.3 is 12.4 Å². The van der Waals surface area contributed by atoms with Crippen molar-refractivity contribution in [3.63, 3.8) is 0 Å². The number of halogens is 7. The van der Waals surface area contributed by atoms with Crippen molar-refractivity contribution in [2.24, 2.45) is 11.8 Å². The number of alkyl halides is 6. The minimum atomic E-state index is -4.95. The van der Waals surface area contributed by atoms with Crippen LogP contribution in [0.25, 0.3) is 11.0 Å². The van der Waals surface area contributed by atoms with E-state index in [-0.39, 0.29) is 30.3 Å². The zero-order valence-corrected chi connectivity index (χ0v) is 28.3. The molecule has 2 aliphatic carbocycles. The third kappa shape index (κ3) is 7.87. The average molecular weight is 724 g/mol. The summed E-state index contributed by atoms with van der Waals surface area (Å²) in [5.41, 5.74) is -0.831. The fourth-order valence-electron chi connectivity index (χ4n) is 5.85. The van der Waals surface area contributed by atoms with E-state index in [2.05, 4.69) is 46.6 Å². The fraction of sp³-hybridized carbons (Fsp3) is 0.500. The van der Waals surface area contributed by atoms with Crippen LogP contribution >= 0.6 is 15.9 Å². The highest BCUT2D eigenvalue weighted by atomic mass is 79.9. The van der Waals surface area contributed by atoms with Crippen molar-refractivity contribution in [1.82, 2.24) is 19.7 Å². The van der Waals surface area contributed by atoms with Crippen LogP contribution in [0.3, 0.4) is 0 Å². The van der Waals surface area contributed by atoms with Crippen molar-refractivity contribution in [3.05, 3.63) is 75.0 Å². The van der Waals surface area contributed by atoms with E-state index >= 15 is 0 Å². The van der Waals surface area contributed by atoms with Gasteiger partial charge in [-0.25, -0.2) is 14.6 Å². The number of hydrogen-bond acceptors (Lipinski definition) is 5. The van der Waals surface area contributed by atoms with Gasteiger partial charge < -0.3 is 9.80 Å². The van der Waals surface area contributed by atoms with Crippen molar-refractivity contribution in [2.45, 2.75) is 84.4 Å². The Kier molecular flexibility index (Phi) is 8.76. The second-order valence-corrected chi connectivity index (χ2v) is 14.8. The highest BCUT2D eigenvalue weighted by Gasteiger charge is 2.37. The summed E-state index contributed by atoms with van der Waals surface area (Å²) >= 11 is 3.38. The summed E-state index contributed by atoms with van der Waals surface area (Å²) in [6.07, 6.45) is -3.77. The van der Waals surface area contributed by atoms with Gasteiger partial charge in [-0.1, -0.05) is 0 Å². The van der Waals surface area contributed by atoms with Crippen molar-refractivity contribution >= 4 is 38.6 Å². The first-order chi connectivity index (χ1) is 22.0. The van der Waals surface area contributed by atoms with Crippen molar-refractivity contribution < 1.29 is 26.3 Å². The summed E-state index contributed by atoms with van der Waals surface area (Å²) in [5.74, 6) is 2.29. The molecule has 2 aliphatic rings. The Labute approximate surface area is 278 Å². The van der Waals surface area contributed by atoms with E-state index in [1.54, 1.807) is 23.2 Å². The van der Waals surface area contributed by atoms with Gasteiger partial charge in [-0.3, -0.25) is 0 Å². The molecule has 2 fully saturated rings. The van der Waals surface area contributed by atoms with Gasteiger partial charge in [-0.15, -0.1) is 0 Å². The topological polar surface area (TPSA) is 50.1 Å². The summed E-state index contributed by atoms with van der Waals surface area (Å²) in [6.45, 7) is 9.67. The van der Waals surface area contributed by atoms with E-state index in [1.807, 2.05) is 17.7 Å². The van der Waals surface area contributed by atoms with Crippen molar-refractivity contribution in [2.75, 3.05) is 22.9 Å². The lowest BCUT2D eigenvalue weighted by Gasteiger charge is -2.30. The number of rotatable bonds is 10.